The van der Waals surface area contributed by atoms with E-state index in [1.54, 1.807) is 24.3 Å². The van der Waals surface area contributed by atoms with E-state index in [9.17, 15) is 9.59 Å². The largest absolute Gasteiger partial charge is 0.449 e. The highest BCUT2D eigenvalue weighted by molar-refractivity contribution is 5.95. The van der Waals surface area contributed by atoms with Gasteiger partial charge >= 0.3 is 6.09 Å². The van der Waals surface area contributed by atoms with Gasteiger partial charge in [-0.1, -0.05) is 40.0 Å². The molecule has 0 spiro atoms. The molecular formula is C20H34ClN3O3. The zero-order chi connectivity index (χ0) is 19.2. The smallest absolute Gasteiger partial charge is 0.411 e. The van der Waals surface area contributed by atoms with Gasteiger partial charge in [-0.2, -0.15) is 0 Å². The van der Waals surface area contributed by atoms with Crippen LogP contribution in [0.1, 0.15) is 56.8 Å². The third kappa shape index (κ3) is 10.8. The van der Waals surface area contributed by atoms with E-state index >= 15 is 0 Å². The second kappa shape index (κ2) is 15.3. The molecule has 0 radical (unpaired) electrons. The molecule has 0 bridgehead atoms. The lowest BCUT2D eigenvalue weighted by Crippen LogP contribution is -2.34. The fourth-order valence-electron chi connectivity index (χ4n) is 2.52. The van der Waals surface area contributed by atoms with Crippen molar-refractivity contribution < 1.29 is 14.3 Å². The predicted octanol–water partition coefficient (Wildman–Crippen LogP) is 4.31. The van der Waals surface area contributed by atoms with Crippen molar-refractivity contribution in [3.05, 3.63) is 29.8 Å². The fourth-order valence-corrected chi connectivity index (χ4v) is 2.52. The van der Waals surface area contributed by atoms with E-state index in [4.69, 9.17) is 4.74 Å². The molecular weight excluding hydrogens is 366 g/mol. The molecule has 0 atom stereocenters. The van der Waals surface area contributed by atoms with Gasteiger partial charge in [0.1, 0.15) is 0 Å². The van der Waals surface area contributed by atoms with Gasteiger partial charge in [-0.25, -0.2) is 4.79 Å². The zero-order valence-electron chi connectivity index (χ0n) is 16.8. The number of rotatable bonds is 12. The molecule has 154 valence electrons. The number of hydrogen-bond donors (Lipinski definition) is 2. The van der Waals surface area contributed by atoms with Crippen molar-refractivity contribution in [2.45, 2.75) is 46.5 Å². The number of benzene rings is 1. The highest BCUT2D eigenvalue weighted by Gasteiger charge is 2.07. The van der Waals surface area contributed by atoms with Gasteiger partial charge in [0, 0.05) is 24.3 Å². The van der Waals surface area contributed by atoms with E-state index < -0.39 is 6.09 Å². The van der Waals surface area contributed by atoms with Crippen LogP contribution in [0.5, 0.6) is 0 Å². The number of nitrogens with one attached hydrogen (secondary N) is 2. The molecule has 0 fully saturated rings. The summed E-state index contributed by atoms with van der Waals surface area (Å²) in [4.78, 5) is 26.1. The second-order valence-electron chi connectivity index (χ2n) is 6.18. The number of carbonyl (C=O) groups is 2. The summed E-state index contributed by atoms with van der Waals surface area (Å²) in [6.07, 6.45) is 3.80. The van der Waals surface area contributed by atoms with Gasteiger partial charge in [0.2, 0.25) is 0 Å². The first-order chi connectivity index (χ1) is 12.6. The van der Waals surface area contributed by atoms with Crippen LogP contribution in [0.25, 0.3) is 0 Å². The van der Waals surface area contributed by atoms with Crippen LogP contribution in [0.3, 0.4) is 0 Å². The van der Waals surface area contributed by atoms with Crippen LogP contribution >= 0.6 is 12.4 Å². The summed E-state index contributed by atoms with van der Waals surface area (Å²) in [6.45, 7) is 10.2. The lowest BCUT2D eigenvalue weighted by atomic mass is 10.2. The Hall–Kier alpha value is -1.79. The van der Waals surface area contributed by atoms with Crippen molar-refractivity contribution in [2.24, 2.45) is 0 Å². The lowest BCUT2D eigenvalue weighted by molar-refractivity contribution is 0.0949. The molecule has 0 aromatic heterocycles. The van der Waals surface area contributed by atoms with Gasteiger partial charge in [0.15, 0.2) is 0 Å². The average molecular weight is 400 g/mol. The number of amides is 2. The first-order valence-corrected chi connectivity index (χ1v) is 9.65. The standard InChI is InChI=1S/C20H33N3O3.ClH/c1-4-7-8-9-16-26-20(25)22-18-12-10-17(11-13-18)19(24)21-14-15-23(5-2)6-3;/h10-13H,4-9,14-16H2,1-3H3,(H,21,24)(H,22,25);1H. The maximum Gasteiger partial charge on any atom is 0.411 e. The Morgan fingerprint density at radius 1 is 1.00 bits per heavy atom. The van der Waals surface area contributed by atoms with Gasteiger partial charge < -0.3 is 15.0 Å². The van der Waals surface area contributed by atoms with Gasteiger partial charge in [-0.15, -0.1) is 12.4 Å². The van der Waals surface area contributed by atoms with Crippen LogP contribution in [0.4, 0.5) is 10.5 Å². The van der Waals surface area contributed by atoms with Crippen molar-refractivity contribution in [2.75, 3.05) is 38.1 Å². The number of anilines is 1. The average Bonchev–Trinajstić information content (AvgIpc) is 2.65. The van der Waals surface area contributed by atoms with E-state index in [0.29, 0.717) is 24.4 Å². The third-order valence-electron chi connectivity index (χ3n) is 4.23. The first-order valence-electron chi connectivity index (χ1n) is 9.65. The number of hydrogen-bond acceptors (Lipinski definition) is 4. The quantitative estimate of drug-likeness (QED) is 0.514. The summed E-state index contributed by atoms with van der Waals surface area (Å²) < 4.78 is 5.13. The molecule has 0 saturated carbocycles. The highest BCUT2D eigenvalue weighted by atomic mass is 35.5. The molecule has 0 unspecified atom stereocenters. The molecule has 2 N–H and O–H groups in total. The minimum atomic E-state index is -0.460. The fraction of sp³-hybridized carbons (Fsp3) is 0.600. The summed E-state index contributed by atoms with van der Waals surface area (Å²) in [7, 11) is 0. The number of likely N-dealkylation sites (N-methyl/N-ethyl adjacent to an activating group) is 1. The Balaban J connectivity index is 0.00000676. The van der Waals surface area contributed by atoms with Crippen LogP contribution in [-0.2, 0) is 4.74 Å². The monoisotopic (exact) mass is 399 g/mol. The minimum absolute atomic E-state index is 0. The number of halogens is 1. The van der Waals surface area contributed by atoms with Crippen LogP contribution in [-0.4, -0.2) is 49.7 Å². The van der Waals surface area contributed by atoms with Gasteiger partial charge in [-0.05, 0) is 43.8 Å². The molecule has 27 heavy (non-hydrogen) atoms. The topological polar surface area (TPSA) is 70.7 Å². The molecule has 0 saturated heterocycles. The lowest BCUT2D eigenvalue weighted by Gasteiger charge is -2.17. The Bertz CT molecular complexity index is 534. The molecule has 1 rings (SSSR count). The van der Waals surface area contributed by atoms with Gasteiger partial charge in [0.05, 0.1) is 6.61 Å². The Morgan fingerprint density at radius 3 is 2.26 bits per heavy atom. The van der Waals surface area contributed by atoms with E-state index in [0.717, 1.165) is 45.3 Å². The summed E-state index contributed by atoms with van der Waals surface area (Å²) >= 11 is 0. The van der Waals surface area contributed by atoms with E-state index in [-0.39, 0.29) is 18.3 Å². The maximum absolute atomic E-state index is 12.1. The number of unbranched alkanes of at least 4 members (excludes halogenated alkanes) is 3. The predicted molar refractivity (Wildman–Crippen MR) is 113 cm³/mol. The first kappa shape index (κ1) is 25.2. The van der Waals surface area contributed by atoms with Crippen LogP contribution in [0, 0.1) is 0 Å². The van der Waals surface area contributed by atoms with E-state index in [2.05, 4.69) is 36.3 Å². The minimum Gasteiger partial charge on any atom is -0.449 e. The summed E-state index contributed by atoms with van der Waals surface area (Å²) in [5.74, 6) is -0.109. The molecule has 6 nitrogen and oxygen atoms in total. The summed E-state index contributed by atoms with van der Waals surface area (Å²) in [6, 6.07) is 6.81. The molecule has 1 aromatic carbocycles. The van der Waals surface area contributed by atoms with Crippen molar-refractivity contribution in [1.29, 1.82) is 0 Å². The molecule has 7 heteroatoms. The summed E-state index contributed by atoms with van der Waals surface area (Å²) in [5.41, 5.74) is 1.19. The van der Waals surface area contributed by atoms with Crippen LogP contribution in [0.15, 0.2) is 24.3 Å². The van der Waals surface area contributed by atoms with Gasteiger partial charge in [-0.3, -0.25) is 10.1 Å². The molecule has 0 aliphatic heterocycles. The van der Waals surface area contributed by atoms with Crippen molar-refractivity contribution >= 4 is 30.1 Å². The number of carbonyl (C=O) groups excluding carboxylic acids is 2. The van der Waals surface area contributed by atoms with Crippen molar-refractivity contribution in [3.63, 3.8) is 0 Å². The van der Waals surface area contributed by atoms with Crippen molar-refractivity contribution in [1.82, 2.24) is 10.2 Å². The van der Waals surface area contributed by atoms with E-state index in [1.165, 1.54) is 0 Å². The number of nitrogens with zero attached hydrogens (tertiary/aromatic N) is 1. The van der Waals surface area contributed by atoms with Crippen LogP contribution in [0.2, 0.25) is 0 Å². The Morgan fingerprint density at radius 2 is 1.67 bits per heavy atom. The van der Waals surface area contributed by atoms with Crippen molar-refractivity contribution in [3.8, 4) is 0 Å². The normalized spacial score (nSPS) is 10.2. The summed E-state index contributed by atoms with van der Waals surface area (Å²) in [5, 5.41) is 5.58. The van der Waals surface area contributed by atoms with E-state index in [1.807, 2.05) is 0 Å². The highest BCUT2D eigenvalue weighted by Crippen LogP contribution is 2.10. The maximum atomic E-state index is 12.1. The van der Waals surface area contributed by atoms with Crippen LogP contribution < -0.4 is 10.6 Å². The second-order valence-corrected chi connectivity index (χ2v) is 6.18. The third-order valence-corrected chi connectivity index (χ3v) is 4.23. The SMILES string of the molecule is CCCCCCOC(=O)Nc1ccc(C(=O)NCCN(CC)CC)cc1.Cl. The number of ether oxygens (including phenoxy) is 1. The van der Waals surface area contributed by atoms with Gasteiger partial charge in [0.25, 0.3) is 5.91 Å². The molecule has 2 amide bonds. The molecule has 1 aromatic rings. The molecule has 0 heterocycles. The molecule has 0 aliphatic carbocycles. The Labute approximate surface area is 169 Å². The molecule has 0 aliphatic rings. The zero-order valence-corrected chi connectivity index (χ0v) is 17.6. The Kier molecular flexibility index (Phi) is 14.3.